The molecule has 0 saturated heterocycles. The lowest BCUT2D eigenvalue weighted by Gasteiger charge is -2.18. The van der Waals surface area contributed by atoms with Crippen molar-refractivity contribution in [3.63, 3.8) is 0 Å². The number of nitrogens with one attached hydrogen (secondary N) is 1. The zero-order valence-electron chi connectivity index (χ0n) is 18.2. The highest BCUT2D eigenvalue weighted by Crippen LogP contribution is 2.13. The zero-order chi connectivity index (χ0) is 20.8. The summed E-state index contributed by atoms with van der Waals surface area (Å²) in [6.45, 7) is 6.96. The lowest BCUT2D eigenvalue weighted by atomic mass is 9.99. The van der Waals surface area contributed by atoms with E-state index in [-0.39, 0.29) is 36.8 Å². The fourth-order valence-corrected chi connectivity index (χ4v) is 3.52. The van der Waals surface area contributed by atoms with Crippen LogP contribution in [0, 0.1) is 13.8 Å². The largest absolute Gasteiger partial charge is 0.352 e. The molecule has 1 heterocycles. The molecule has 2 atom stereocenters. The molecular formula is C24H32Cl2N4O. The van der Waals surface area contributed by atoms with E-state index in [0.29, 0.717) is 6.42 Å². The molecule has 1 aromatic heterocycles. The zero-order valence-corrected chi connectivity index (χ0v) is 19.9. The lowest BCUT2D eigenvalue weighted by molar-refractivity contribution is -0.122. The summed E-state index contributed by atoms with van der Waals surface area (Å²) < 4.78 is 2.01. The number of carbonyl (C=O) groups is 1. The molecule has 0 aliphatic carbocycles. The van der Waals surface area contributed by atoms with Crippen LogP contribution in [0.5, 0.6) is 0 Å². The van der Waals surface area contributed by atoms with Crippen LogP contribution in [-0.4, -0.2) is 27.5 Å². The van der Waals surface area contributed by atoms with E-state index >= 15 is 0 Å². The van der Waals surface area contributed by atoms with Crippen LogP contribution < -0.4 is 11.1 Å². The fraction of sp³-hybridized carbons (Fsp3) is 0.333. The Morgan fingerprint density at radius 1 is 1.10 bits per heavy atom. The van der Waals surface area contributed by atoms with E-state index < -0.39 is 6.04 Å². The SMILES string of the molecule is Cc1ccc(CC(C)NC(=O)[C@@H](N)Cc2cn(Cc3ccccc3)cn2)c(C)c1.Cl.Cl. The standard InChI is InChI=1S/C24H30N4O.2ClH/c1-17-9-10-21(18(2)11-17)12-19(3)27-24(29)23(25)13-22-15-28(16-26-22)14-20-7-5-4-6-8-20;;/h4-11,15-16,19,23H,12-14,25H2,1-3H3,(H,27,29);2*1H/t19?,23-;;/m0../s1. The molecular weight excluding hydrogens is 431 g/mol. The Bertz CT molecular complexity index is 959. The predicted molar refractivity (Wildman–Crippen MR) is 131 cm³/mol. The van der Waals surface area contributed by atoms with Crippen molar-refractivity contribution in [3.05, 3.63) is 89.0 Å². The van der Waals surface area contributed by atoms with Gasteiger partial charge in [-0.2, -0.15) is 0 Å². The normalized spacial score (nSPS) is 12.3. The first-order valence-electron chi connectivity index (χ1n) is 10.1. The minimum Gasteiger partial charge on any atom is -0.352 e. The molecule has 3 aromatic rings. The molecule has 1 unspecified atom stereocenters. The number of amides is 1. The first kappa shape index (κ1) is 26.7. The summed E-state index contributed by atoms with van der Waals surface area (Å²) in [4.78, 5) is 16.9. The van der Waals surface area contributed by atoms with E-state index in [2.05, 4.69) is 54.5 Å². The van der Waals surface area contributed by atoms with Crippen molar-refractivity contribution in [1.82, 2.24) is 14.9 Å². The lowest BCUT2D eigenvalue weighted by Crippen LogP contribution is -2.46. The third-order valence-electron chi connectivity index (χ3n) is 5.07. The van der Waals surface area contributed by atoms with Crippen molar-refractivity contribution < 1.29 is 4.79 Å². The van der Waals surface area contributed by atoms with E-state index in [1.165, 1.54) is 22.3 Å². The van der Waals surface area contributed by atoms with Gasteiger partial charge >= 0.3 is 0 Å². The quantitative estimate of drug-likeness (QED) is 0.530. The maximum Gasteiger partial charge on any atom is 0.237 e. The smallest absolute Gasteiger partial charge is 0.237 e. The van der Waals surface area contributed by atoms with E-state index in [0.717, 1.165) is 18.7 Å². The van der Waals surface area contributed by atoms with Crippen LogP contribution in [0.3, 0.4) is 0 Å². The average molecular weight is 463 g/mol. The third kappa shape index (κ3) is 8.02. The molecule has 31 heavy (non-hydrogen) atoms. The predicted octanol–water partition coefficient (Wildman–Crippen LogP) is 4.01. The van der Waals surface area contributed by atoms with Gasteiger partial charge in [0, 0.05) is 25.2 Å². The number of benzene rings is 2. The maximum atomic E-state index is 12.5. The molecule has 0 bridgehead atoms. The van der Waals surface area contributed by atoms with Gasteiger partial charge in [-0.3, -0.25) is 4.79 Å². The molecule has 0 saturated carbocycles. The molecule has 3 N–H and O–H groups in total. The molecule has 7 heteroatoms. The van der Waals surface area contributed by atoms with Gasteiger partial charge in [0.15, 0.2) is 0 Å². The molecule has 0 aliphatic rings. The average Bonchev–Trinajstić information content (AvgIpc) is 3.11. The van der Waals surface area contributed by atoms with Crippen LogP contribution in [0.2, 0.25) is 0 Å². The highest BCUT2D eigenvalue weighted by molar-refractivity contribution is 5.85. The van der Waals surface area contributed by atoms with Crippen molar-refractivity contribution in [3.8, 4) is 0 Å². The summed E-state index contributed by atoms with van der Waals surface area (Å²) in [5, 5.41) is 3.04. The van der Waals surface area contributed by atoms with Crippen LogP contribution in [0.1, 0.15) is 34.9 Å². The Morgan fingerprint density at radius 3 is 2.48 bits per heavy atom. The monoisotopic (exact) mass is 462 g/mol. The minimum absolute atomic E-state index is 0. The number of nitrogens with two attached hydrogens (primary N) is 1. The summed E-state index contributed by atoms with van der Waals surface area (Å²) >= 11 is 0. The second-order valence-electron chi connectivity index (χ2n) is 7.88. The second kappa shape index (κ2) is 12.5. The van der Waals surface area contributed by atoms with Gasteiger partial charge in [0.25, 0.3) is 0 Å². The number of hydrogen-bond donors (Lipinski definition) is 2. The first-order chi connectivity index (χ1) is 13.9. The Morgan fingerprint density at radius 2 is 1.81 bits per heavy atom. The number of carbonyl (C=O) groups excluding carboxylic acids is 1. The van der Waals surface area contributed by atoms with Gasteiger partial charge in [0.2, 0.25) is 5.91 Å². The minimum atomic E-state index is -0.614. The fourth-order valence-electron chi connectivity index (χ4n) is 3.52. The van der Waals surface area contributed by atoms with E-state index in [4.69, 9.17) is 5.73 Å². The number of halogens is 2. The summed E-state index contributed by atoms with van der Waals surface area (Å²) in [5.74, 6) is -0.139. The number of nitrogens with zero attached hydrogens (tertiary/aromatic N) is 2. The van der Waals surface area contributed by atoms with Crippen molar-refractivity contribution >= 4 is 30.7 Å². The van der Waals surface area contributed by atoms with Gasteiger partial charge < -0.3 is 15.6 Å². The molecule has 1 amide bonds. The van der Waals surface area contributed by atoms with Gasteiger partial charge in [-0.25, -0.2) is 4.98 Å². The number of aryl methyl sites for hydroxylation is 2. The van der Waals surface area contributed by atoms with Gasteiger partial charge in [-0.05, 0) is 43.9 Å². The molecule has 2 aromatic carbocycles. The van der Waals surface area contributed by atoms with Crippen LogP contribution in [0.25, 0.3) is 0 Å². The van der Waals surface area contributed by atoms with Crippen LogP contribution >= 0.6 is 24.8 Å². The Hall–Kier alpha value is -2.34. The number of aromatic nitrogens is 2. The summed E-state index contributed by atoms with van der Waals surface area (Å²) in [7, 11) is 0. The highest BCUT2D eigenvalue weighted by atomic mass is 35.5. The van der Waals surface area contributed by atoms with Crippen molar-refractivity contribution in [2.45, 2.75) is 52.2 Å². The molecule has 0 spiro atoms. The van der Waals surface area contributed by atoms with Gasteiger partial charge in [-0.1, -0.05) is 54.1 Å². The molecule has 168 valence electrons. The van der Waals surface area contributed by atoms with Crippen LogP contribution in [-0.2, 0) is 24.2 Å². The summed E-state index contributed by atoms with van der Waals surface area (Å²) in [6.07, 6.45) is 4.95. The van der Waals surface area contributed by atoms with Crippen LogP contribution in [0.4, 0.5) is 0 Å². The van der Waals surface area contributed by atoms with E-state index in [1.54, 1.807) is 6.33 Å². The van der Waals surface area contributed by atoms with E-state index in [1.807, 2.05) is 35.9 Å². The number of rotatable bonds is 8. The highest BCUT2D eigenvalue weighted by Gasteiger charge is 2.18. The molecule has 0 fully saturated rings. The number of imidazole rings is 1. The topological polar surface area (TPSA) is 72.9 Å². The third-order valence-corrected chi connectivity index (χ3v) is 5.07. The van der Waals surface area contributed by atoms with Crippen molar-refractivity contribution in [2.24, 2.45) is 5.73 Å². The van der Waals surface area contributed by atoms with E-state index in [9.17, 15) is 4.79 Å². The summed E-state index contributed by atoms with van der Waals surface area (Å²) in [5.41, 5.74) is 11.9. The Kier molecular flexibility index (Phi) is 10.8. The summed E-state index contributed by atoms with van der Waals surface area (Å²) in [6, 6.07) is 16.0. The van der Waals surface area contributed by atoms with Gasteiger partial charge in [-0.15, -0.1) is 24.8 Å². The Balaban J connectivity index is 0.00000240. The van der Waals surface area contributed by atoms with Crippen molar-refractivity contribution in [2.75, 3.05) is 0 Å². The molecule has 5 nitrogen and oxygen atoms in total. The molecule has 0 radical (unpaired) electrons. The second-order valence-corrected chi connectivity index (χ2v) is 7.88. The van der Waals surface area contributed by atoms with Crippen molar-refractivity contribution in [1.29, 1.82) is 0 Å². The first-order valence-corrected chi connectivity index (χ1v) is 10.1. The molecule has 3 rings (SSSR count). The van der Waals surface area contributed by atoms with Gasteiger partial charge in [0.05, 0.1) is 18.1 Å². The van der Waals surface area contributed by atoms with Gasteiger partial charge in [0.1, 0.15) is 0 Å². The number of hydrogen-bond acceptors (Lipinski definition) is 3. The Labute approximate surface area is 197 Å². The van der Waals surface area contributed by atoms with Crippen LogP contribution in [0.15, 0.2) is 61.1 Å². The molecule has 0 aliphatic heterocycles. The maximum absolute atomic E-state index is 12.5.